The van der Waals surface area contributed by atoms with Crippen molar-refractivity contribution in [3.05, 3.63) is 108 Å². The van der Waals surface area contributed by atoms with Crippen LogP contribution in [0.5, 0.6) is 0 Å². The number of para-hydroxylation sites is 1. The number of anilines is 2. The van der Waals surface area contributed by atoms with E-state index in [-0.39, 0.29) is 0 Å². The minimum absolute atomic E-state index is 0.590. The first kappa shape index (κ1) is 17.3. The first-order valence-corrected chi connectivity index (χ1v) is 9.38. The van der Waals surface area contributed by atoms with Crippen molar-refractivity contribution in [3.63, 3.8) is 0 Å². The summed E-state index contributed by atoms with van der Waals surface area (Å²) in [6.45, 7) is 0. The SMILES string of the molecule is S=C(Nc1ccccc1Cc1ccccc1)Nc1cccc2ccccc12. The molecule has 0 radical (unpaired) electrons. The third-order valence-corrected chi connectivity index (χ3v) is 4.74. The fourth-order valence-corrected chi connectivity index (χ4v) is 3.44. The summed E-state index contributed by atoms with van der Waals surface area (Å²) >= 11 is 5.58. The Labute approximate surface area is 164 Å². The molecule has 4 aromatic carbocycles. The van der Waals surface area contributed by atoms with Gasteiger partial charge in [0, 0.05) is 16.8 Å². The number of thiocarbonyl (C=S) groups is 1. The number of benzene rings is 4. The highest BCUT2D eigenvalue weighted by Crippen LogP contribution is 2.24. The fraction of sp³-hybridized carbons (Fsp3) is 0.0417. The Kier molecular flexibility index (Phi) is 5.13. The summed E-state index contributed by atoms with van der Waals surface area (Å²) in [4.78, 5) is 0. The van der Waals surface area contributed by atoms with Gasteiger partial charge in [-0.3, -0.25) is 0 Å². The van der Waals surface area contributed by atoms with Gasteiger partial charge in [0.25, 0.3) is 0 Å². The van der Waals surface area contributed by atoms with E-state index < -0.39 is 0 Å². The summed E-state index contributed by atoms with van der Waals surface area (Å²) < 4.78 is 0. The summed E-state index contributed by atoms with van der Waals surface area (Å²) in [7, 11) is 0. The van der Waals surface area contributed by atoms with Crippen molar-refractivity contribution in [1.82, 2.24) is 0 Å². The third-order valence-electron chi connectivity index (χ3n) is 4.54. The molecule has 2 N–H and O–H groups in total. The molecule has 4 rings (SSSR count). The Morgan fingerprint density at radius 1 is 0.630 bits per heavy atom. The van der Waals surface area contributed by atoms with Gasteiger partial charge in [0.15, 0.2) is 5.11 Å². The molecular weight excluding hydrogens is 348 g/mol. The van der Waals surface area contributed by atoms with E-state index in [2.05, 4.69) is 71.3 Å². The maximum Gasteiger partial charge on any atom is 0.175 e. The molecule has 0 aromatic heterocycles. The Bertz CT molecular complexity index is 1070. The van der Waals surface area contributed by atoms with Gasteiger partial charge in [0.1, 0.15) is 0 Å². The molecular formula is C24H20N2S. The van der Waals surface area contributed by atoms with Gasteiger partial charge in [-0.05, 0) is 47.3 Å². The first-order valence-electron chi connectivity index (χ1n) is 8.97. The molecule has 0 heterocycles. The molecule has 0 spiro atoms. The van der Waals surface area contributed by atoms with Crippen molar-refractivity contribution in [1.29, 1.82) is 0 Å². The minimum Gasteiger partial charge on any atom is -0.332 e. The Hall–Kier alpha value is -3.17. The van der Waals surface area contributed by atoms with E-state index in [1.165, 1.54) is 16.5 Å². The zero-order valence-electron chi connectivity index (χ0n) is 14.9. The molecule has 0 aliphatic rings. The van der Waals surface area contributed by atoms with Crippen LogP contribution in [0.15, 0.2) is 97.1 Å². The van der Waals surface area contributed by atoms with Gasteiger partial charge in [-0.25, -0.2) is 0 Å². The lowest BCUT2D eigenvalue weighted by Crippen LogP contribution is -2.20. The monoisotopic (exact) mass is 368 g/mol. The highest BCUT2D eigenvalue weighted by Gasteiger charge is 2.07. The van der Waals surface area contributed by atoms with Gasteiger partial charge >= 0.3 is 0 Å². The summed E-state index contributed by atoms with van der Waals surface area (Å²) in [5.74, 6) is 0. The van der Waals surface area contributed by atoms with Crippen LogP contribution in [0.4, 0.5) is 11.4 Å². The molecule has 3 heteroatoms. The molecule has 0 saturated heterocycles. The van der Waals surface area contributed by atoms with Crippen LogP contribution in [0.25, 0.3) is 10.8 Å². The second-order valence-corrected chi connectivity index (χ2v) is 6.83. The van der Waals surface area contributed by atoms with Crippen LogP contribution >= 0.6 is 12.2 Å². The highest BCUT2D eigenvalue weighted by molar-refractivity contribution is 7.80. The van der Waals surface area contributed by atoms with Gasteiger partial charge in [-0.15, -0.1) is 0 Å². The topological polar surface area (TPSA) is 24.1 Å². The van der Waals surface area contributed by atoms with Crippen molar-refractivity contribution in [2.75, 3.05) is 10.6 Å². The van der Waals surface area contributed by atoms with Crippen molar-refractivity contribution in [3.8, 4) is 0 Å². The number of rotatable bonds is 4. The molecule has 4 aromatic rings. The number of fused-ring (bicyclic) bond motifs is 1. The zero-order chi connectivity index (χ0) is 18.5. The molecule has 0 atom stereocenters. The summed E-state index contributed by atoms with van der Waals surface area (Å²) in [5.41, 5.74) is 4.52. The van der Waals surface area contributed by atoms with Gasteiger partial charge in [0.05, 0.1) is 0 Å². The second-order valence-electron chi connectivity index (χ2n) is 6.43. The van der Waals surface area contributed by atoms with Crippen molar-refractivity contribution < 1.29 is 0 Å². The van der Waals surface area contributed by atoms with Crippen molar-refractivity contribution in [2.45, 2.75) is 6.42 Å². The molecule has 0 amide bonds. The van der Waals surface area contributed by atoms with Crippen LogP contribution in [0.1, 0.15) is 11.1 Å². The number of hydrogen-bond donors (Lipinski definition) is 2. The quantitative estimate of drug-likeness (QED) is 0.417. The second kappa shape index (κ2) is 8.02. The van der Waals surface area contributed by atoms with E-state index in [4.69, 9.17) is 12.2 Å². The van der Waals surface area contributed by atoms with Crippen LogP contribution < -0.4 is 10.6 Å². The van der Waals surface area contributed by atoms with Crippen molar-refractivity contribution >= 4 is 39.5 Å². The Morgan fingerprint density at radius 3 is 2.15 bits per heavy atom. The average Bonchev–Trinajstić information content (AvgIpc) is 2.71. The Morgan fingerprint density at radius 2 is 1.26 bits per heavy atom. The minimum atomic E-state index is 0.590. The van der Waals surface area contributed by atoms with Crippen LogP contribution in [-0.4, -0.2) is 5.11 Å². The van der Waals surface area contributed by atoms with E-state index in [1.54, 1.807) is 0 Å². The standard InChI is InChI=1S/C24H20N2S/c27-24(26-23-16-8-13-19-11-4-6-14-21(19)23)25-22-15-7-5-12-20(22)17-18-9-2-1-3-10-18/h1-16H,17H2,(H2,25,26,27). The summed E-state index contributed by atoms with van der Waals surface area (Å²) in [6.07, 6.45) is 0.862. The molecule has 0 aliphatic carbocycles. The largest absolute Gasteiger partial charge is 0.332 e. The van der Waals surface area contributed by atoms with Gasteiger partial charge < -0.3 is 10.6 Å². The van der Waals surface area contributed by atoms with E-state index in [9.17, 15) is 0 Å². The van der Waals surface area contributed by atoms with E-state index in [1.807, 2.05) is 36.4 Å². The summed E-state index contributed by atoms with van der Waals surface area (Å²) in [6, 6.07) is 33.2. The first-order chi connectivity index (χ1) is 13.3. The van der Waals surface area contributed by atoms with Crippen LogP contribution in [-0.2, 0) is 6.42 Å². The van der Waals surface area contributed by atoms with E-state index in [0.717, 1.165) is 23.2 Å². The maximum atomic E-state index is 5.58. The van der Waals surface area contributed by atoms with Crippen LogP contribution in [0.3, 0.4) is 0 Å². The normalized spacial score (nSPS) is 10.5. The highest BCUT2D eigenvalue weighted by atomic mass is 32.1. The zero-order valence-corrected chi connectivity index (χ0v) is 15.7. The molecule has 0 aliphatic heterocycles. The maximum absolute atomic E-state index is 5.58. The van der Waals surface area contributed by atoms with Gasteiger partial charge in [-0.2, -0.15) is 0 Å². The van der Waals surface area contributed by atoms with Crippen molar-refractivity contribution in [2.24, 2.45) is 0 Å². The fourth-order valence-electron chi connectivity index (χ4n) is 3.22. The van der Waals surface area contributed by atoms with E-state index in [0.29, 0.717) is 5.11 Å². The molecule has 27 heavy (non-hydrogen) atoms. The molecule has 0 fully saturated rings. The molecule has 0 bridgehead atoms. The molecule has 0 saturated carbocycles. The lowest BCUT2D eigenvalue weighted by molar-refractivity contribution is 1.19. The lowest BCUT2D eigenvalue weighted by atomic mass is 10.0. The number of nitrogens with one attached hydrogen (secondary N) is 2. The smallest absolute Gasteiger partial charge is 0.175 e. The van der Waals surface area contributed by atoms with E-state index >= 15 is 0 Å². The molecule has 0 unspecified atom stereocenters. The predicted molar refractivity (Wildman–Crippen MR) is 119 cm³/mol. The van der Waals surface area contributed by atoms with Gasteiger partial charge in [0.2, 0.25) is 0 Å². The van der Waals surface area contributed by atoms with Gasteiger partial charge in [-0.1, -0.05) is 84.9 Å². The third kappa shape index (κ3) is 4.15. The Balaban J connectivity index is 1.53. The molecule has 2 nitrogen and oxygen atoms in total. The molecule has 132 valence electrons. The summed E-state index contributed by atoms with van der Waals surface area (Å²) in [5, 5.41) is 9.64. The lowest BCUT2D eigenvalue weighted by Gasteiger charge is -2.15. The van der Waals surface area contributed by atoms with Crippen LogP contribution in [0, 0.1) is 0 Å². The average molecular weight is 369 g/mol. The number of hydrogen-bond acceptors (Lipinski definition) is 1. The predicted octanol–water partition coefficient (Wildman–Crippen LogP) is 6.24. The van der Waals surface area contributed by atoms with Crippen LogP contribution in [0.2, 0.25) is 0 Å².